The van der Waals surface area contributed by atoms with E-state index in [4.69, 9.17) is 0 Å². The molecule has 1 aliphatic carbocycles. The van der Waals surface area contributed by atoms with E-state index in [0.29, 0.717) is 5.41 Å². The number of rotatable bonds is 9. The quantitative estimate of drug-likeness (QED) is 0.415. The average molecular weight is 267 g/mol. The Morgan fingerprint density at radius 3 is 2.11 bits per heavy atom. The maximum absolute atomic E-state index is 2.53. The highest BCUT2D eigenvalue weighted by molar-refractivity contribution is 5.09. The molecule has 0 aromatic heterocycles. The average Bonchev–Trinajstić information content (AvgIpc) is 2.94. The third kappa shape index (κ3) is 3.76. The lowest BCUT2D eigenvalue weighted by Gasteiger charge is -2.25. The first-order valence-electron chi connectivity index (χ1n) is 8.90. The van der Waals surface area contributed by atoms with E-state index in [1.165, 1.54) is 38.5 Å². The van der Waals surface area contributed by atoms with Crippen LogP contribution in [0.15, 0.2) is 0 Å². The van der Waals surface area contributed by atoms with Crippen molar-refractivity contribution in [1.82, 2.24) is 0 Å². The Balaban J connectivity index is 2.55. The van der Waals surface area contributed by atoms with Crippen LogP contribution in [0.2, 0.25) is 0 Å². The molecule has 1 aliphatic rings. The molecule has 0 aromatic carbocycles. The van der Waals surface area contributed by atoms with Crippen molar-refractivity contribution < 1.29 is 0 Å². The van der Waals surface area contributed by atoms with Gasteiger partial charge in [0.1, 0.15) is 0 Å². The molecule has 1 rings (SSSR count). The van der Waals surface area contributed by atoms with Crippen LogP contribution in [0.5, 0.6) is 0 Å². The summed E-state index contributed by atoms with van der Waals surface area (Å²) < 4.78 is 0. The van der Waals surface area contributed by atoms with Crippen molar-refractivity contribution >= 4 is 0 Å². The first-order valence-corrected chi connectivity index (χ1v) is 8.90. The standard InChI is InChI=1S/C19H38/c1-8-10-11-12-15(5)18-17(7)19(18,9-2)13-16(6)14(3)4/h14-18H,8-13H2,1-7H3. The van der Waals surface area contributed by atoms with Gasteiger partial charge in [0.2, 0.25) is 0 Å². The van der Waals surface area contributed by atoms with Crippen molar-refractivity contribution in [3.05, 3.63) is 0 Å². The Labute approximate surface area is 122 Å². The predicted molar refractivity (Wildman–Crippen MR) is 87.3 cm³/mol. The van der Waals surface area contributed by atoms with Crippen molar-refractivity contribution in [1.29, 1.82) is 0 Å². The fourth-order valence-electron chi connectivity index (χ4n) is 4.55. The molecule has 0 aliphatic heterocycles. The van der Waals surface area contributed by atoms with E-state index >= 15 is 0 Å². The van der Waals surface area contributed by atoms with Crippen molar-refractivity contribution in [2.45, 2.75) is 87.0 Å². The van der Waals surface area contributed by atoms with Crippen molar-refractivity contribution in [3.8, 4) is 0 Å². The Hall–Kier alpha value is 0. The Morgan fingerprint density at radius 2 is 1.63 bits per heavy atom. The molecule has 0 nitrogen and oxygen atoms in total. The fourth-order valence-corrected chi connectivity index (χ4v) is 4.55. The normalized spacial score (nSPS) is 33.5. The lowest BCUT2D eigenvalue weighted by atomic mass is 9.80. The number of hydrogen-bond donors (Lipinski definition) is 0. The zero-order chi connectivity index (χ0) is 14.6. The molecule has 0 saturated heterocycles. The maximum Gasteiger partial charge on any atom is -0.0235 e. The lowest BCUT2D eigenvalue weighted by molar-refractivity contribution is 0.248. The van der Waals surface area contributed by atoms with Gasteiger partial charge in [0, 0.05) is 0 Å². The maximum atomic E-state index is 2.53. The third-order valence-electron chi connectivity index (χ3n) is 6.37. The van der Waals surface area contributed by atoms with Crippen molar-refractivity contribution in [2.24, 2.45) is 35.0 Å². The van der Waals surface area contributed by atoms with Gasteiger partial charge in [0.25, 0.3) is 0 Å². The van der Waals surface area contributed by atoms with Crippen molar-refractivity contribution in [3.63, 3.8) is 0 Å². The second-order valence-electron chi connectivity index (χ2n) is 7.80. The van der Waals surface area contributed by atoms with E-state index in [-0.39, 0.29) is 0 Å². The Morgan fingerprint density at radius 1 is 1.00 bits per heavy atom. The highest BCUT2D eigenvalue weighted by Gasteiger charge is 2.61. The molecule has 0 spiro atoms. The van der Waals surface area contributed by atoms with Gasteiger partial charge in [0.05, 0.1) is 0 Å². The van der Waals surface area contributed by atoms with Gasteiger partial charge in [-0.1, -0.05) is 74.1 Å². The number of hydrogen-bond acceptors (Lipinski definition) is 0. The summed E-state index contributed by atoms with van der Waals surface area (Å²) in [6, 6.07) is 0. The van der Waals surface area contributed by atoms with E-state index in [0.717, 1.165) is 29.6 Å². The predicted octanol–water partition coefficient (Wildman–Crippen LogP) is 6.55. The largest absolute Gasteiger partial charge is 0.0654 e. The van der Waals surface area contributed by atoms with Gasteiger partial charge in [-0.2, -0.15) is 0 Å². The topological polar surface area (TPSA) is 0 Å². The summed E-state index contributed by atoms with van der Waals surface area (Å²) in [7, 11) is 0. The molecule has 0 N–H and O–H groups in total. The molecule has 0 heteroatoms. The van der Waals surface area contributed by atoms with Gasteiger partial charge >= 0.3 is 0 Å². The highest BCUT2D eigenvalue weighted by atomic mass is 14.7. The molecule has 0 aromatic rings. The van der Waals surface area contributed by atoms with Gasteiger partial charge in [-0.15, -0.1) is 0 Å². The summed E-state index contributed by atoms with van der Waals surface area (Å²) in [6.45, 7) is 17.0. The molecule has 0 radical (unpaired) electrons. The minimum absolute atomic E-state index is 0.690. The summed E-state index contributed by atoms with van der Waals surface area (Å²) in [5.74, 6) is 4.65. The minimum Gasteiger partial charge on any atom is -0.0654 e. The van der Waals surface area contributed by atoms with Crippen LogP contribution in [-0.4, -0.2) is 0 Å². The van der Waals surface area contributed by atoms with E-state index in [1.807, 2.05) is 0 Å². The zero-order valence-electron chi connectivity index (χ0n) is 14.6. The zero-order valence-corrected chi connectivity index (χ0v) is 14.6. The molecule has 0 heterocycles. The van der Waals surface area contributed by atoms with E-state index in [1.54, 1.807) is 0 Å². The molecule has 5 atom stereocenters. The van der Waals surface area contributed by atoms with Crippen LogP contribution >= 0.6 is 0 Å². The number of unbranched alkanes of at least 4 members (excludes halogenated alkanes) is 2. The molecular weight excluding hydrogens is 228 g/mol. The van der Waals surface area contributed by atoms with Crippen LogP contribution in [0, 0.1) is 35.0 Å². The van der Waals surface area contributed by atoms with Crippen molar-refractivity contribution in [2.75, 3.05) is 0 Å². The second kappa shape index (κ2) is 7.14. The Bertz CT molecular complexity index is 255. The third-order valence-corrected chi connectivity index (χ3v) is 6.37. The summed E-state index contributed by atoms with van der Waals surface area (Å²) in [5.41, 5.74) is 0.690. The van der Waals surface area contributed by atoms with Gasteiger partial charge in [0.15, 0.2) is 0 Å². The molecular formula is C19H38. The fraction of sp³-hybridized carbons (Fsp3) is 1.00. The van der Waals surface area contributed by atoms with Gasteiger partial charge in [-0.05, 0) is 47.8 Å². The SMILES string of the molecule is CCCCCC(C)C1C(C)C1(CC)CC(C)C(C)C. The van der Waals surface area contributed by atoms with Gasteiger partial charge in [-0.3, -0.25) is 0 Å². The Kier molecular flexibility index (Phi) is 6.40. The van der Waals surface area contributed by atoms with E-state index in [2.05, 4.69) is 48.5 Å². The van der Waals surface area contributed by atoms with Crippen LogP contribution in [0.4, 0.5) is 0 Å². The monoisotopic (exact) mass is 266 g/mol. The lowest BCUT2D eigenvalue weighted by Crippen LogP contribution is -2.16. The van der Waals surface area contributed by atoms with Gasteiger partial charge in [-0.25, -0.2) is 0 Å². The molecule has 0 amide bonds. The van der Waals surface area contributed by atoms with Crippen LogP contribution < -0.4 is 0 Å². The summed E-state index contributed by atoms with van der Waals surface area (Å²) in [5, 5.41) is 0. The molecule has 1 fully saturated rings. The van der Waals surface area contributed by atoms with Crippen LogP contribution in [-0.2, 0) is 0 Å². The summed E-state index contributed by atoms with van der Waals surface area (Å²) in [6.07, 6.45) is 8.55. The van der Waals surface area contributed by atoms with Crippen LogP contribution in [0.1, 0.15) is 87.0 Å². The first kappa shape index (κ1) is 17.1. The smallest absolute Gasteiger partial charge is 0.0235 e. The summed E-state index contributed by atoms with van der Waals surface area (Å²) in [4.78, 5) is 0. The summed E-state index contributed by atoms with van der Waals surface area (Å²) >= 11 is 0. The minimum atomic E-state index is 0.690. The van der Waals surface area contributed by atoms with Crippen LogP contribution in [0.25, 0.3) is 0 Å². The molecule has 0 bridgehead atoms. The second-order valence-corrected chi connectivity index (χ2v) is 7.80. The van der Waals surface area contributed by atoms with E-state index in [9.17, 15) is 0 Å². The molecule has 5 unspecified atom stereocenters. The van der Waals surface area contributed by atoms with Gasteiger partial charge < -0.3 is 0 Å². The van der Waals surface area contributed by atoms with E-state index < -0.39 is 0 Å². The first-order chi connectivity index (χ1) is 8.90. The molecule has 114 valence electrons. The molecule has 19 heavy (non-hydrogen) atoms. The van der Waals surface area contributed by atoms with Crippen LogP contribution in [0.3, 0.4) is 0 Å². The molecule has 1 saturated carbocycles. The highest BCUT2D eigenvalue weighted by Crippen LogP contribution is 2.67.